The zero-order chi connectivity index (χ0) is 20.0. The van der Waals surface area contributed by atoms with Gasteiger partial charge in [0.05, 0.1) is 29.7 Å². The number of ether oxygens (including phenoxy) is 2. The van der Waals surface area contributed by atoms with Gasteiger partial charge in [0.2, 0.25) is 0 Å². The van der Waals surface area contributed by atoms with Crippen LogP contribution in [0.1, 0.15) is 10.4 Å². The standard InChI is InChI=1S/C18H17ClN2O5S/c1-25-14-9-12(13(19)10-15(14)26-2)17(22)16(21(23)24)18(27-3)20-11-7-5-4-6-8-11/h4-10,20H,1-3H3/b18-16+. The van der Waals surface area contributed by atoms with E-state index < -0.39 is 16.4 Å². The summed E-state index contributed by atoms with van der Waals surface area (Å²) in [6.07, 6.45) is 1.64. The summed E-state index contributed by atoms with van der Waals surface area (Å²) in [6.45, 7) is 0. The number of para-hydroxylation sites is 1. The minimum Gasteiger partial charge on any atom is -0.493 e. The van der Waals surface area contributed by atoms with Crippen molar-refractivity contribution in [3.05, 3.63) is 73.9 Å². The third-order valence-corrected chi connectivity index (χ3v) is 4.58. The lowest BCUT2D eigenvalue weighted by Gasteiger charge is -2.12. The lowest BCUT2D eigenvalue weighted by molar-refractivity contribution is -0.417. The number of carbonyl (C=O) groups is 1. The number of Topliss-reactive ketones (excluding diaryl/α,β-unsaturated/α-hetero) is 1. The maximum absolute atomic E-state index is 12.9. The average molecular weight is 409 g/mol. The molecule has 0 aliphatic heterocycles. The molecule has 0 aliphatic rings. The van der Waals surface area contributed by atoms with Crippen molar-refractivity contribution in [3.63, 3.8) is 0 Å². The fourth-order valence-electron chi connectivity index (χ4n) is 2.28. The van der Waals surface area contributed by atoms with E-state index in [1.165, 1.54) is 26.4 Å². The van der Waals surface area contributed by atoms with Gasteiger partial charge in [-0.1, -0.05) is 29.8 Å². The first-order valence-corrected chi connectivity index (χ1v) is 9.24. The van der Waals surface area contributed by atoms with Crippen LogP contribution in [0.3, 0.4) is 0 Å². The van der Waals surface area contributed by atoms with E-state index in [4.69, 9.17) is 21.1 Å². The molecule has 9 heteroatoms. The van der Waals surface area contributed by atoms with Crippen molar-refractivity contribution in [2.24, 2.45) is 0 Å². The van der Waals surface area contributed by atoms with Crippen LogP contribution >= 0.6 is 23.4 Å². The first-order valence-electron chi connectivity index (χ1n) is 7.63. The highest BCUT2D eigenvalue weighted by Gasteiger charge is 2.31. The molecule has 0 saturated carbocycles. The molecular weight excluding hydrogens is 392 g/mol. The number of hydrogen-bond donors (Lipinski definition) is 1. The number of benzene rings is 2. The third kappa shape index (κ3) is 4.72. The second kappa shape index (κ2) is 9.29. The number of methoxy groups -OCH3 is 2. The van der Waals surface area contributed by atoms with Crippen LogP contribution < -0.4 is 14.8 Å². The van der Waals surface area contributed by atoms with Crippen molar-refractivity contribution in [1.82, 2.24) is 0 Å². The number of hydrogen-bond acceptors (Lipinski definition) is 7. The SMILES string of the molecule is COc1cc(Cl)c(C(=O)/C(=C(/Nc2ccccc2)SC)[N+](=O)[O-])cc1OC. The summed E-state index contributed by atoms with van der Waals surface area (Å²) in [5, 5.41) is 14.7. The Morgan fingerprint density at radius 1 is 1.15 bits per heavy atom. The highest BCUT2D eigenvalue weighted by atomic mass is 35.5. The Kier molecular flexibility index (Phi) is 7.09. The van der Waals surface area contributed by atoms with E-state index in [1.807, 2.05) is 6.07 Å². The minimum absolute atomic E-state index is 0.0252. The summed E-state index contributed by atoms with van der Waals surface area (Å²) < 4.78 is 10.3. The van der Waals surface area contributed by atoms with Crippen LogP contribution in [0.15, 0.2) is 53.2 Å². The smallest absolute Gasteiger partial charge is 0.346 e. The molecular formula is C18H17ClN2O5S. The van der Waals surface area contributed by atoms with Crippen molar-refractivity contribution in [2.45, 2.75) is 0 Å². The molecule has 0 heterocycles. The monoisotopic (exact) mass is 408 g/mol. The third-order valence-electron chi connectivity index (χ3n) is 3.57. The average Bonchev–Trinajstić information content (AvgIpc) is 2.67. The first-order chi connectivity index (χ1) is 12.9. The number of nitro groups is 1. The van der Waals surface area contributed by atoms with Crippen molar-refractivity contribution in [3.8, 4) is 11.5 Å². The quantitative estimate of drug-likeness (QED) is 0.298. The van der Waals surface area contributed by atoms with E-state index in [-0.39, 0.29) is 21.4 Å². The van der Waals surface area contributed by atoms with Crippen LogP contribution in [0, 0.1) is 10.1 Å². The molecule has 2 aromatic carbocycles. The van der Waals surface area contributed by atoms with Gasteiger partial charge in [0.25, 0.3) is 5.78 Å². The van der Waals surface area contributed by atoms with Gasteiger partial charge in [0.15, 0.2) is 16.5 Å². The maximum Gasteiger partial charge on any atom is 0.346 e. The number of anilines is 1. The van der Waals surface area contributed by atoms with Gasteiger partial charge in [-0.25, -0.2) is 0 Å². The molecule has 7 nitrogen and oxygen atoms in total. The fourth-order valence-corrected chi connectivity index (χ4v) is 3.10. The molecule has 0 bridgehead atoms. The van der Waals surface area contributed by atoms with E-state index in [1.54, 1.807) is 30.5 Å². The Labute approximate surface area is 165 Å². The topological polar surface area (TPSA) is 90.7 Å². The van der Waals surface area contributed by atoms with E-state index in [2.05, 4.69) is 5.32 Å². The molecule has 0 atom stereocenters. The number of thioether (sulfide) groups is 1. The predicted molar refractivity (Wildman–Crippen MR) is 106 cm³/mol. The van der Waals surface area contributed by atoms with Gasteiger partial charge < -0.3 is 14.8 Å². The molecule has 0 aromatic heterocycles. The van der Waals surface area contributed by atoms with Crippen LogP contribution in [0.2, 0.25) is 5.02 Å². The number of allylic oxidation sites excluding steroid dienone is 1. The molecule has 27 heavy (non-hydrogen) atoms. The molecule has 0 spiro atoms. The number of ketones is 1. The first kappa shape index (κ1) is 20.6. The summed E-state index contributed by atoms with van der Waals surface area (Å²) >= 11 is 7.21. The van der Waals surface area contributed by atoms with Crippen LogP contribution in [0.5, 0.6) is 11.5 Å². The van der Waals surface area contributed by atoms with E-state index >= 15 is 0 Å². The van der Waals surface area contributed by atoms with Crippen molar-refractivity contribution < 1.29 is 19.2 Å². The molecule has 2 rings (SSSR count). The maximum atomic E-state index is 12.9. The number of rotatable bonds is 8. The molecule has 1 N–H and O–H groups in total. The summed E-state index contributed by atoms with van der Waals surface area (Å²) in [4.78, 5) is 23.9. The van der Waals surface area contributed by atoms with Crippen molar-refractivity contribution >= 4 is 34.8 Å². The van der Waals surface area contributed by atoms with Crippen LogP contribution in [-0.2, 0) is 0 Å². The Morgan fingerprint density at radius 3 is 2.26 bits per heavy atom. The Hall–Kier alpha value is -2.71. The van der Waals surface area contributed by atoms with Gasteiger partial charge in [0.1, 0.15) is 0 Å². The highest BCUT2D eigenvalue weighted by Crippen LogP contribution is 2.35. The van der Waals surface area contributed by atoms with Gasteiger partial charge in [-0.3, -0.25) is 14.9 Å². The molecule has 2 aromatic rings. The zero-order valence-corrected chi connectivity index (χ0v) is 16.4. The van der Waals surface area contributed by atoms with Gasteiger partial charge in [-0.2, -0.15) is 0 Å². The number of nitrogens with zero attached hydrogens (tertiary/aromatic N) is 1. The molecule has 0 amide bonds. The second-order valence-corrected chi connectivity index (χ2v) is 6.37. The van der Waals surface area contributed by atoms with Gasteiger partial charge in [0, 0.05) is 11.8 Å². The number of carbonyl (C=O) groups excluding carboxylic acids is 1. The minimum atomic E-state index is -0.835. The molecule has 0 fully saturated rings. The lowest BCUT2D eigenvalue weighted by atomic mass is 10.1. The zero-order valence-electron chi connectivity index (χ0n) is 14.8. The predicted octanol–water partition coefficient (Wildman–Crippen LogP) is 4.46. The van der Waals surface area contributed by atoms with Crippen LogP contribution in [0.4, 0.5) is 5.69 Å². The molecule has 0 unspecified atom stereocenters. The van der Waals surface area contributed by atoms with Crippen LogP contribution in [0.25, 0.3) is 0 Å². The van der Waals surface area contributed by atoms with E-state index in [9.17, 15) is 14.9 Å². The van der Waals surface area contributed by atoms with E-state index in [0.717, 1.165) is 11.8 Å². The second-order valence-electron chi connectivity index (χ2n) is 5.15. The van der Waals surface area contributed by atoms with E-state index in [0.29, 0.717) is 11.4 Å². The van der Waals surface area contributed by atoms with Crippen molar-refractivity contribution in [2.75, 3.05) is 25.8 Å². The van der Waals surface area contributed by atoms with Crippen molar-refractivity contribution in [1.29, 1.82) is 0 Å². The summed E-state index contributed by atoms with van der Waals surface area (Å²) in [5.41, 5.74) is -0.0460. The van der Waals surface area contributed by atoms with Gasteiger partial charge in [-0.05, 0) is 24.5 Å². The normalized spacial score (nSPS) is 11.4. The Morgan fingerprint density at radius 2 is 1.74 bits per heavy atom. The van der Waals surface area contributed by atoms with Gasteiger partial charge >= 0.3 is 5.70 Å². The lowest BCUT2D eigenvalue weighted by Crippen LogP contribution is -2.17. The Balaban J connectivity index is 2.55. The Bertz CT molecular complexity index is 887. The largest absolute Gasteiger partial charge is 0.493 e. The van der Waals surface area contributed by atoms with Gasteiger partial charge in [-0.15, -0.1) is 11.8 Å². The summed E-state index contributed by atoms with van der Waals surface area (Å²) in [6, 6.07) is 11.6. The number of halogens is 1. The fraction of sp³-hybridized carbons (Fsp3) is 0.167. The summed E-state index contributed by atoms with van der Waals surface area (Å²) in [7, 11) is 2.82. The molecule has 142 valence electrons. The number of nitrogens with one attached hydrogen (secondary N) is 1. The highest BCUT2D eigenvalue weighted by molar-refractivity contribution is 8.02. The molecule has 0 saturated heterocycles. The van der Waals surface area contributed by atoms with Crippen LogP contribution in [-0.4, -0.2) is 31.2 Å². The molecule has 0 aliphatic carbocycles. The summed E-state index contributed by atoms with van der Waals surface area (Å²) in [5.74, 6) is -0.272. The molecule has 0 radical (unpaired) electrons.